The van der Waals surface area contributed by atoms with Crippen molar-refractivity contribution in [3.05, 3.63) is 41.8 Å². The Morgan fingerprint density at radius 3 is 3.00 bits per heavy atom. The molecule has 0 aliphatic carbocycles. The lowest BCUT2D eigenvalue weighted by atomic mass is 10.1. The Morgan fingerprint density at radius 1 is 1.38 bits per heavy atom. The van der Waals surface area contributed by atoms with Gasteiger partial charge in [-0.2, -0.15) is 5.26 Å². The number of hydrogen-bond acceptors (Lipinski definition) is 2. The van der Waals surface area contributed by atoms with Gasteiger partial charge in [0.15, 0.2) is 0 Å². The van der Waals surface area contributed by atoms with E-state index in [1.165, 1.54) is 12.1 Å². The Morgan fingerprint density at radius 2 is 2.23 bits per heavy atom. The van der Waals surface area contributed by atoms with Crippen molar-refractivity contribution in [1.29, 1.82) is 5.26 Å². The molecule has 0 radical (unpaired) electrons. The molecule has 1 aromatic heterocycles. The van der Waals surface area contributed by atoms with Crippen LogP contribution in [0.2, 0.25) is 0 Å². The predicted octanol–water partition coefficient (Wildman–Crippen LogP) is 2.25. The van der Waals surface area contributed by atoms with Crippen molar-refractivity contribution in [3.63, 3.8) is 0 Å². The number of halogens is 1. The molecule has 0 bridgehead atoms. The average Bonchev–Trinajstić information content (AvgIpc) is 2.17. The molecule has 2 rings (SSSR count). The van der Waals surface area contributed by atoms with Gasteiger partial charge >= 0.3 is 0 Å². The van der Waals surface area contributed by atoms with Crippen molar-refractivity contribution in [2.75, 3.05) is 0 Å². The van der Waals surface area contributed by atoms with Crippen LogP contribution in [0.1, 0.15) is 5.56 Å². The van der Waals surface area contributed by atoms with Crippen LogP contribution in [0.5, 0.6) is 0 Å². The van der Waals surface area contributed by atoms with E-state index in [9.17, 15) is 4.39 Å². The van der Waals surface area contributed by atoms with Gasteiger partial charge in [-0.15, -0.1) is 0 Å². The second-order valence-corrected chi connectivity index (χ2v) is 2.64. The van der Waals surface area contributed by atoms with E-state index in [4.69, 9.17) is 5.26 Å². The maximum Gasteiger partial charge on any atom is 0.143 e. The van der Waals surface area contributed by atoms with Gasteiger partial charge < -0.3 is 0 Å². The third-order valence-corrected chi connectivity index (χ3v) is 1.81. The van der Waals surface area contributed by atoms with Crippen LogP contribution in [0.4, 0.5) is 4.39 Å². The van der Waals surface area contributed by atoms with Gasteiger partial charge in [0.05, 0.1) is 11.1 Å². The minimum absolute atomic E-state index is 0.0560. The zero-order chi connectivity index (χ0) is 9.26. The molecule has 0 saturated heterocycles. The Balaban J connectivity index is 2.83. The minimum atomic E-state index is -0.520. The SMILES string of the molecule is N#Cc1cc2cccnc2cc1F. The highest BCUT2D eigenvalue weighted by atomic mass is 19.1. The van der Waals surface area contributed by atoms with Crippen molar-refractivity contribution < 1.29 is 4.39 Å². The topological polar surface area (TPSA) is 36.7 Å². The number of nitriles is 1. The summed E-state index contributed by atoms with van der Waals surface area (Å²) in [6.45, 7) is 0. The van der Waals surface area contributed by atoms with Crippen LogP contribution in [0.15, 0.2) is 30.5 Å². The molecule has 0 N–H and O–H groups in total. The molecular formula is C10H5FN2. The van der Waals surface area contributed by atoms with Gasteiger partial charge in [0.25, 0.3) is 0 Å². The lowest BCUT2D eigenvalue weighted by molar-refractivity contribution is 0.625. The summed E-state index contributed by atoms with van der Waals surface area (Å²) in [7, 11) is 0. The highest BCUT2D eigenvalue weighted by Crippen LogP contribution is 2.16. The van der Waals surface area contributed by atoms with E-state index in [2.05, 4.69) is 4.98 Å². The van der Waals surface area contributed by atoms with Gasteiger partial charge in [0.1, 0.15) is 11.9 Å². The van der Waals surface area contributed by atoms with Crippen LogP contribution in [-0.2, 0) is 0 Å². The maximum atomic E-state index is 13.1. The van der Waals surface area contributed by atoms with Crippen LogP contribution in [0.3, 0.4) is 0 Å². The van der Waals surface area contributed by atoms with E-state index >= 15 is 0 Å². The quantitative estimate of drug-likeness (QED) is 0.611. The van der Waals surface area contributed by atoms with E-state index in [-0.39, 0.29) is 5.56 Å². The number of hydrogen-bond donors (Lipinski definition) is 0. The number of pyridine rings is 1. The summed E-state index contributed by atoms with van der Waals surface area (Å²) >= 11 is 0. The summed E-state index contributed by atoms with van der Waals surface area (Å²) in [6, 6.07) is 8.10. The van der Waals surface area contributed by atoms with E-state index in [1.54, 1.807) is 24.4 Å². The second-order valence-electron chi connectivity index (χ2n) is 2.64. The summed E-state index contributed by atoms with van der Waals surface area (Å²) in [4.78, 5) is 3.97. The molecule has 62 valence electrons. The van der Waals surface area contributed by atoms with Gasteiger partial charge in [0, 0.05) is 17.6 Å². The summed E-state index contributed by atoms with van der Waals surface area (Å²) in [5.41, 5.74) is 0.625. The molecule has 0 aliphatic heterocycles. The average molecular weight is 172 g/mol. The molecule has 0 spiro atoms. The van der Waals surface area contributed by atoms with Crippen molar-refractivity contribution in [3.8, 4) is 6.07 Å². The van der Waals surface area contributed by atoms with E-state index in [0.717, 1.165) is 5.39 Å². The number of fused-ring (bicyclic) bond motifs is 1. The lowest BCUT2D eigenvalue weighted by Crippen LogP contribution is -1.85. The fraction of sp³-hybridized carbons (Fsp3) is 0. The zero-order valence-corrected chi connectivity index (χ0v) is 6.66. The van der Waals surface area contributed by atoms with Crippen molar-refractivity contribution in [2.24, 2.45) is 0 Å². The third kappa shape index (κ3) is 1.23. The first-order valence-corrected chi connectivity index (χ1v) is 3.75. The number of benzene rings is 1. The van der Waals surface area contributed by atoms with Crippen LogP contribution < -0.4 is 0 Å². The highest BCUT2D eigenvalue weighted by molar-refractivity contribution is 5.79. The monoisotopic (exact) mass is 172 g/mol. The molecule has 1 aromatic carbocycles. The van der Waals surface area contributed by atoms with Gasteiger partial charge in [0.2, 0.25) is 0 Å². The second kappa shape index (κ2) is 2.83. The highest BCUT2D eigenvalue weighted by Gasteiger charge is 2.03. The number of rotatable bonds is 0. The standard InChI is InChI=1S/C10H5FN2/c11-9-5-10-7(2-1-3-13-10)4-8(9)6-12/h1-5H. The molecule has 3 heteroatoms. The van der Waals surface area contributed by atoms with Crippen LogP contribution in [0, 0.1) is 17.1 Å². The lowest BCUT2D eigenvalue weighted by Gasteiger charge is -1.97. The van der Waals surface area contributed by atoms with E-state index in [0.29, 0.717) is 5.52 Å². The molecule has 0 fully saturated rings. The Bertz CT molecular complexity index is 500. The molecule has 1 heterocycles. The molecule has 0 saturated carbocycles. The van der Waals surface area contributed by atoms with Crippen molar-refractivity contribution >= 4 is 10.9 Å². The minimum Gasteiger partial charge on any atom is -0.256 e. The Kier molecular flexibility index (Phi) is 1.67. The molecule has 0 amide bonds. The molecular weight excluding hydrogens is 167 g/mol. The normalized spacial score (nSPS) is 9.85. The van der Waals surface area contributed by atoms with Crippen LogP contribution >= 0.6 is 0 Å². The molecule has 2 nitrogen and oxygen atoms in total. The smallest absolute Gasteiger partial charge is 0.143 e. The van der Waals surface area contributed by atoms with Crippen molar-refractivity contribution in [2.45, 2.75) is 0 Å². The number of aromatic nitrogens is 1. The Hall–Kier alpha value is -1.95. The maximum absolute atomic E-state index is 13.1. The van der Waals surface area contributed by atoms with Gasteiger partial charge in [-0.25, -0.2) is 4.39 Å². The zero-order valence-electron chi connectivity index (χ0n) is 6.66. The third-order valence-electron chi connectivity index (χ3n) is 1.81. The molecule has 13 heavy (non-hydrogen) atoms. The summed E-state index contributed by atoms with van der Waals surface area (Å²) in [5, 5.41) is 9.35. The number of nitrogens with zero attached hydrogens (tertiary/aromatic N) is 2. The molecule has 0 atom stereocenters. The first-order valence-electron chi connectivity index (χ1n) is 3.75. The van der Waals surface area contributed by atoms with Crippen LogP contribution in [0.25, 0.3) is 10.9 Å². The summed E-state index contributed by atoms with van der Waals surface area (Å²) in [6.07, 6.45) is 1.59. The Labute approximate surface area is 74.3 Å². The molecule has 0 unspecified atom stereocenters. The summed E-state index contributed by atoms with van der Waals surface area (Å²) in [5.74, 6) is -0.520. The fourth-order valence-corrected chi connectivity index (χ4v) is 1.18. The predicted molar refractivity (Wildman–Crippen MR) is 46.4 cm³/mol. The molecule has 0 aliphatic rings. The largest absolute Gasteiger partial charge is 0.256 e. The van der Waals surface area contributed by atoms with Crippen LogP contribution in [-0.4, -0.2) is 4.98 Å². The van der Waals surface area contributed by atoms with Gasteiger partial charge in [-0.05, 0) is 12.1 Å². The van der Waals surface area contributed by atoms with E-state index in [1.807, 2.05) is 0 Å². The van der Waals surface area contributed by atoms with Gasteiger partial charge in [-0.3, -0.25) is 4.98 Å². The first kappa shape index (κ1) is 7.69. The van der Waals surface area contributed by atoms with E-state index < -0.39 is 5.82 Å². The van der Waals surface area contributed by atoms with Gasteiger partial charge in [-0.1, -0.05) is 6.07 Å². The summed E-state index contributed by atoms with van der Waals surface area (Å²) < 4.78 is 13.1. The van der Waals surface area contributed by atoms with Crippen molar-refractivity contribution in [1.82, 2.24) is 4.98 Å². The first-order chi connectivity index (χ1) is 6.31. The molecule has 2 aromatic rings. The fourth-order valence-electron chi connectivity index (χ4n) is 1.18.